The maximum Gasteiger partial charge on any atom is 0.162 e. The monoisotopic (exact) mass is 415 g/mol. The van der Waals surface area contributed by atoms with Crippen LogP contribution in [0.3, 0.4) is 0 Å². The molecule has 0 bridgehead atoms. The highest BCUT2D eigenvalue weighted by atomic mass is 16.5. The molecule has 31 heavy (non-hydrogen) atoms. The molecule has 7 heteroatoms. The average molecular weight is 415 g/mol. The number of fused-ring (bicyclic) bond motifs is 3. The molecule has 3 heterocycles. The Morgan fingerprint density at radius 2 is 1.90 bits per heavy atom. The first-order chi connectivity index (χ1) is 15.3. The average Bonchev–Trinajstić information content (AvgIpc) is 3.43. The lowest BCUT2D eigenvalue weighted by atomic mass is 10.0. The third-order valence-electron chi connectivity index (χ3n) is 5.20. The number of hydrogen-bond donors (Lipinski definition) is 2. The van der Waals surface area contributed by atoms with Crippen LogP contribution in [0.15, 0.2) is 65.3 Å². The summed E-state index contributed by atoms with van der Waals surface area (Å²) >= 11 is 0. The van der Waals surface area contributed by atoms with E-state index in [1.165, 1.54) is 0 Å². The van der Waals surface area contributed by atoms with Crippen LogP contribution in [-0.2, 0) is 24.6 Å². The first-order valence-electron chi connectivity index (χ1n) is 9.92. The molecule has 5 rings (SSSR count). The second-order valence-corrected chi connectivity index (χ2v) is 7.25. The zero-order chi connectivity index (χ0) is 21.2. The molecule has 2 aromatic carbocycles. The lowest BCUT2D eigenvalue weighted by molar-refractivity contribution is 0.186. The van der Waals surface area contributed by atoms with Gasteiger partial charge in [0.05, 0.1) is 24.0 Å². The number of nitrogens with zero attached hydrogens (tertiary/aromatic N) is 2. The summed E-state index contributed by atoms with van der Waals surface area (Å²) in [4.78, 5) is 8.01. The number of pyridine rings is 1. The Morgan fingerprint density at radius 3 is 2.68 bits per heavy atom. The van der Waals surface area contributed by atoms with Crippen molar-refractivity contribution in [3.05, 3.63) is 77.7 Å². The molecule has 0 aliphatic heterocycles. The molecule has 0 spiro atoms. The van der Waals surface area contributed by atoms with E-state index < -0.39 is 0 Å². The predicted molar refractivity (Wildman–Crippen MR) is 117 cm³/mol. The third-order valence-corrected chi connectivity index (χ3v) is 5.20. The van der Waals surface area contributed by atoms with Gasteiger partial charge in [0.15, 0.2) is 5.76 Å². The zero-order valence-corrected chi connectivity index (χ0v) is 17.0. The van der Waals surface area contributed by atoms with Crippen molar-refractivity contribution in [1.82, 2.24) is 15.1 Å². The van der Waals surface area contributed by atoms with Gasteiger partial charge in [-0.3, -0.25) is 4.98 Å². The maximum absolute atomic E-state index is 9.32. The minimum absolute atomic E-state index is 0.218. The molecule has 0 amide bonds. The van der Waals surface area contributed by atoms with Crippen molar-refractivity contribution < 1.29 is 19.1 Å². The first kappa shape index (κ1) is 19.3. The van der Waals surface area contributed by atoms with Crippen molar-refractivity contribution in [2.45, 2.75) is 19.8 Å². The van der Waals surface area contributed by atoms with Crippen LogP contribution in [-0.4, -0.2) is 27.3 Å². The number of aliphatic hydroxyl groups is 1. The molecule has 0 atom stereocenters. The minimum atomic E-state index is -0.218. The quantitative estimate of drug-likeness (QED) is 0.404. The molecule has 3 aromatic heterocycles. The zero-order valence-electron chi connectivity index (χ0n) is 17.0. The van der Waals surface area contributed by atoms with Gasteiger partial charge in [-0.15, -0.1) is 0 Å². The number of rotatable bonds is 7. The lowest BCUT2D eigenvalue weighted by Gasteiger charge is -2.09. The van der Waals surface area contributed by atoms with Crippen molar-refractivity contribution in [2.24, 2.45) is 0 Å². The highest BCUT2D eigenvalue weighted by Gasteiger charge is 2.18. The van der Waals surface area contributed by atoms with Crippen LogP contribution >= 0.6 is 0 Å². The van der Waals surface area contributed by atoms with Gasteiger partial charge >= 0.3 is 0 Å². The van der Waals surface area contributed by atoms with Gasteiger partial charge in [0.2, 0.25) is 0 Å². The molecular weight excluding hydrogens is 394 g/mol. The SMILES string of the molecule is COCc1c(-c2cc(CO)on2)ncc2[nH]c3ccc(OCc4ccccc4)cc3c12. The van der Waals surface area contributed by atoms with E-state index in [1.807, 2.05) is 48.5 Å². The predicted octanol–water partition coefficient (Wildman–Crippen LogP) is 4.59. The number of aromatic amines is 1. The largest absolute Gasteiger partial charge is 0.489 e. The second-order valence-electron chi connectivity index (χ2n) is 7.25. The van der Waals surface area contributed by atoms with E-state index in [0.717, 1.165) is 38.7 Å². The van der Waals surface area contributed by atoms with Gasteiger partial charge in [-0.25, -0.2) is 0 Å². The van der Waals surface area contributed by atoms with E-state index in [4.69, 9.17) is 14.0 Å². The summed E-state index contributed by atoms with van der Waals surface area (Å²) in [6, 6.07) is 17.7. The second kappa shape index (κ2) is 8.22. The van der Waals surface area contributed by atoms with E-state index in [1.54, 1.807) is 19.4 Å². The molecule has 0 aliphatic carbocycles. The Morgan fingerprint density at radius 1 is 1.03 bits per heavy atom. The van der Waals surface area contributed by atoms with E-state index in [9.17, 15) is 5.11 Å². The normalized spacial score (nSPS) is 11.4. The van der Waals surface area contributed by atoms with E-state index >= 15 is 0 Å². The van der Waals surface area contributed by atoms with Gasteiger partial charge in [0.1, 0.15) is 24.7 Å². The van der Waals surface area contributed by atoms with Crippen molar-refractivity contribution >= 4 is 21.8 Å². The van der Waals surface area contributed by atoms with E-state index in [0.29, 0.717) is 30.4 Å². The number of methoxy groups -OCH3 is 1. The van der Waals surface area contributed by atoms with Gasteiger partial charge in [-0.05, 0) is 23.8 Å². The lowest BCUT2D eigenvalue weighted by Crippen LogP contribution is -1.97. The molecule has 0 unspecified atom stereocenters. The van der Waals surface area contributed by atoms with Gasteiger partial charge in [-0.1, -0.05) is 35.5 Å². The molecule has 0 saturated carbocycles. The first-order valence-corrected chi connectivity index (χ1v) is 9.92. The highest BCUT2D eigenvalue weighted by Crippen LogP contribution is 2.35. The fourth-order valence-electron chi connectivity index (χ4n) is 3.77. The molecule has 0 radical (unpaired) electrons. The van der Waals surface area contributed by atoms with Gasteiger partial charge < -0.3 is 24.1 Å². The van der Waals surface area contributed by atoms with Crippen LogP contribution in [0.25, 0.3) is 33.2 Å². The Balaban J connectivity index is 1.61. The highest BCUT2D eigenvalue weighted by molar-refractivity contribution is 6.10. The van der Waals surface area contributed by atoms with Crippen molar-refractivity contribution in [2.75, 3.05) is 7.11 Å². The van der Waals surface area contributed by atoms with Gasteiger partial charge in [-0.2, -0.15) is 0 Å². The van der Waals surface area contributed by atoms with E-state index in [-0.39, 0.29) is 6.61 Å². The van der Waals surface area contributed by atoms with Crippen molar-refractivity contribution in [3.8, 4) is 17.1 Å². The van der Waals surface area contributed by atoms with E-state index in [2.05, 4.69) is 15.1 Å². The maximum atomic E-state index is 9.32. The standard InChI is InChI=1S/C24H21N3O4/c1-29-14-19-23-18-9-16(30-13-15-5-3-2-4-6-15)7-8-20(18)26-22(23)11-25-24(19)21-10-17(12-28)31-27-21/h2-11,26,28H,12-14H2,1H3. The van der Waals surface area contributed by atoms with Crippen LogP contribution in [0.1, 0.15) is 16.9 Å². The summed E-state index contributed by atoms with van der Waals surface area (Å²) in [6.07, 6.45) is 1.78. The number of H-pyrrole nitrogens is 1. The number of benzene rings is 2. The summed E-state index contributed by atoms with van der Waals surface area (Å²) in [7, 11) is 1.65. The van der Waals surface area contributed by atoms with Gasteiger partial charge in [0, 0.05) is 35.0 Å². The Hall–Kier alpha value is -3.68. The molecule has 0 saturated heterocycles. The van der Waals surface area contributed by atoms with Crippen LogP contribution in [0.5, 0.6) is 5.75 Å². The summed E-state index contributed by atoms with van der Waals surface area (Å²) in [5, 5.41) is 15.4. The van der Waals surface area contributed by atoms with Crippen LogP contribution in [0.2, 0.25) is 0 Å². The minimum Gasteiger partial charge on any atom is -0.489 e. The summed E-state index contributed by atoms with van der Waals surface area (Å²) in [5.74, 6) is 1.17. The van der Waals surface area contributed by atoms with Crippen LogP contribution in [0, 0.1) is 0 Å². The number of aromatic nitrogens is 3. The van der Waals surface area contributed by atoms with Gasteiger partial charge in [0.25, 0.3) is 0 Å². The molecular formula is C24H21N3O4. The number of aliphatic hydroxyl groups excluding tert-OH is 1. The number of hydrogen-bond acceptors (Lipinski definition) is 6. The van der Waals surface area contributed by atoms with Crippen molar-refractivity contribution in [3.63, 3.8) is 0 Å². The fraction of sp³-hybridized carbons (Fsp3) is 0.167. The molecule has 156 valence electrons. The molecule has 2 N–H and O–H groups in total. The smallest absolute Gasteiger partial charge is 0.162 e. The molecule has 5 aromatic rings. The van der Waals surface area contributed by atoms with Crippen molar-refractivity contribution in [1.29, 1.82) is 0 Å². The van der Waals surface area contributed by atoms with Crippen LogP contribution < -0.4 is 4.74 Å². The Labute approximate surface area is 178 Å². The summed E-state index contributed by atoms with van der Waals surface area (Å²) in [5.41, 5.74) is 5.10. The fourth-order valence-corrected chi connectivity index (χ4v) is 3.77. The summed E-state index contributed by atoms with van der Waals surface area (Å²) in [6.45, 7) is 0.627. The Bertz CT molecular complexity index is 1340. The molecule has 0 aliphatic rings. The molecule has 7 nitrogen and oxygen atoms in total. The summed E-state index contributed by atoms with van der Waals surface area (Å²) < 4.78 is 16.7. The third kappa shape index (κ3) is 3.65. The molecule has 0 fully saturated rings. The topological polar surface area (TPSA) is 93.4 Å². The number of ether oxygens (including phenoxy) is 2. The number of nitrogens with one attached hydrogen (secondary N) is 1. The Kier molecular flexibility index (Phi) is 5.11. The van der Waals surface area contributed by atoms with Crippen LogP contribution in [0.4, 0.5) is 0 Å².